The van der Waals surface area contributed by atoms with Gasteiger partial charge in [-0.3, -0.25) is 14.0 Å². The molecule has 5 rings (SSSR count). The number of likely N-dealkylation sites (tertiary alicyclic amines) is 1. The van der Waals surface area contributed by atoms with Gasteiger partial charge in [-0.25, -0.2) is 4.98 Å². The Labute approximate surface area is 175 Å². The number of hydrogen-bond acceptors (Lipinski definition) is 7. The molecular formula is C19H20N4O4S2. The van der Waals surface area contributed by atoms with Crippen molar-refractivity contribution in [1.82, 2.24) is 19.6 Å². The highest BCUT2D eigenvalue weighted by molar-refractivity contribution is 7.15. The summed E-state index contributed by atoms with van der Waals surface area (Å²) in [4.78, 5) is 32.7. The van der Waals surface area contributed by atoms with E-state index in [1.54, 1.807) is 22.3 Å². The Morgan fingerprint density at radius 2 is 1.97 bits per heavy atom. The Morgan fingerprint density at radius 1 is 1.17 bits per heavy atom. The molecule has 0 aliphatic carbocycles. The maximum absolute atomic E-state index is 12.7. The van der Waals surface area contributed by atoms with E-state index in [4.69, 9.17) is 9.47 Å². The second-order valence-electron chi connectivity index (χ2n) is 7.19. The molecule has 152 valence electrons. The van der Waals surface area contributed by atoms with E-state index in [9.17, 15) is 9.59 Å². The van der Waals surface area contributed by atoms with E-state index >= 15 is 0 Å². The van der Waals surface area contributed by atoms with Crippen LogP contribution in [0.15, 0.2) is 35.3 Å². The number of carbonyl (C=O) groups is 2. The Balaban J connectivity index is 1.15. The van der Waals surface area contributed by atoms with Crippen LogP contribution in [0.25, 0.3) is 4.96 Å². The third kappa shape index (κ3) is 3.93. The van der Waals surface area contributed by atoms with Crippen molar-refractivity contribution in [3.8, 4) is 0 Å². The van der Waals surface area contributed by atoms with Crippen molar-refractivity contribution in [2.45, 2.75) is 24.7 Å². The number of carbonyl (C=O) groups excluding carboxylic acids is 2. The molecule has 0 saturated carbocycles. The number of thiophene rings is 1. The topological polar surface area (TPSA) is 85.2 Å². The van der Waals surface area contributed by atoms with Crippen LogP contribution in [0.4, 0.5) is 0 Å². The number of rotatable bonds is 4. The fourth-order valence-corrected chi connectivity index (χ4v) is 5.02. The van der Waals surface area contributed by atoms with Crippen LogP contribution in [0.2, 0.25) is 0 Å². The molecule has 3 aromatic rings. The van der Waals surface area contributed by atoms with E-state index in [1.165, 1.54) is 11.3 Å². The van der Waals surface area contributed by atoms with Crippen LogP contribution in [-0.4, -0.2) is 70.7 Å². The molecule has 2 saturated heterocycles. The number of fused-ring (bicyclic) bond motifs is 2. The molecule has 2 aliphatic heterocycles. The van der Waals surface area contributed by atoms with Gasteiger partial charge in [-0.1, -0.05) is 6.07 Å². The molecule has 0 spiro atoms. The number of nitrogens with one attached hydrogen (secondary N) is 1. The minimum Gasteiger partial charge on any atom is -0.371 e. The van der Waals surface area contributed by atoms with Gasteiger partial charge in [0.05, 0.1) is 36.2 Å². The number of ether oxygens (including phenoxy) is 2. The zero-order valence-electron chi connectivity index (χ0n) is 15.5. The lowest BCUT2D eigenvalue weighted by Gasteiger charge is -2.19. The summed E-state index contributed by atoms with van der Waals surface area (Å²) >= 11 is 2.95. The first kappa shape index (κ1) is 18.7. The molecule has 2 fully saturated rings. The molecule has 0 radical (unpaired) electrons. The molecule has 5 heterocycles. The summed E-state index contributed by atoms with van der Waals surface area (Å²) in [5, 5.41) is 6.80. The van der Waals surface area contributed by atoms with Crippen LogP contribution in [0.3, 0.4) is 0 Å². The summed E-state index contributed by atoms with van der Waals surface area (Å²) in [7, 11) is 0. The van der Waals surface area contributed by atoms with Crippen molar-refractivity contribution in [2.24, 2.45) is 0 Å². The lowest BCUT2D eigenvalue weighted by molar-refractivity contribution is -0.130. The van der Waals surface area contributed by atoms with Crippen LogP contribution in [0, 0.1) is 0 Å². The van der Waals surface area contributed by atoms with Gasteiger partial charge >= 0.3 is 0 Å². The van der Waals surface area contributed by atoms with Crippen molar-refractivity contribution in [3.63, 3.8) is 0 Å². The first-order chi connectivity index (χ1) is 14.2. The fraction of sp³-hybridized carbons (Fsp3) is 0.421. The normalized spacial score (nSPS) is 22.6. The summed E-state index contributed by atoms with van der Waals surface area (Å²) in [6, 6.07) is 3.45. The van der Waals surface area contributed by atoms with Crippen LogP contribution in [0.5, 0.6) is 0 Å². The SMILES string of the molecule is O=C(NC1CO[C@H]2CN(C(=O)Cc3cn4ccsc4n3)C[C@@H]2OC1)c1cccs1. The minimum absolute atomic E-state index is 0.0265. The lowest BCUT2D eigenvalue weighted by Crippen LogP contribution is -2.41. The highest BCUT2D eigenvalue weighted by atomic mass is 32.1. The number of nitrogens with zero attached hydrogens (tertiary/aromatic N) is 3. The van der Waals surface area contributed by atoms with Crippen LogP contribution in [0.1, 0.15) is 15.4 Å². The van der Waals surface area contributed by atoms with Crippen molar-refractivity contribution < 1.29 is 19.1 Å². The number of aromatic nitrogens is 2. The van der Waals surface area contributed by atoms with Crippen LogP contribution in [-0.2, 0) is 20.7 Å². The molecule has 0 unspecified atom stereocenters. The molecule has 8 nitrogen and oxygen atoms in total. The molecule has 1 N–H and O–H groups in total. The predicted octanol–water partition coefficient (Wildman–Crippen LogP) is 1.42. The maximum Gasteiger partial charge on any atom is 0.261 e. The highest BCUT2D eigenvalue weighted by Gasteiger charge is 2.39. The summed E-state index contributed by atoms with van der Waals surface area (Å²) in [6.45, 7) is 1.74. The van der Waals surface area contributed by atoms with Gasteiger partial charge in [0, 0.05) is 30.9 Å². The monoisotopic (exact) mass is 432 g/mol. The zero-order chi connectivity index (χ0) is 19.8. The second-order valence-corrected chi connectivity index (χ2v) is 9.01. The third-order valence-corrected chi connectivity index (χ3v) is 6.79. The van der Waals surface area contributed by atoms with Gasteiger partial charge in [0.2, 0.25) is 5.91 Å². The molecule has 29 heavy (non-hydrogen) atoms. The maximum atomic E-state index is 12.7. The largest absolute Gasteiger partial charge is 0.371 e. The van der Waals surface area contributed by atoms with Crippen molar-refractivity contribution >= 4 is 39.4 Å². The van der Waals surface area contributed by atoms with E-state index in [-0.39, 0.29) is 36.5 Å². The highest BCUT2D eigenvalue weighted by Crippen LogP contribution is 2.22. The first-order valence-corrected chi connectivity index (χ1v) is 11.2. The van der Waals surface area contributed by atoms with Gasteiger partial charge in [0.25, 0.3) is 5.91 Å². The Hall–Kier alpha value is -2.27. The first-order valence-electron chi connectivity index (χ1n) is 9.42. The average molecular weight is 433 g/mol. The molecule has 2 atom stereocenters. The standard InChI is InChI=1S/C19H20N4O4S2/c24-17(6-12-7-22-3-5-29-19(22)21-12)23-8-14-15(9-23)27-11-13(10-26-14)20-18(25)16-2-1-4-28-16/h1-5,7,13-15H,6,8-11H2,(H,20,25)/t14-,15-/m0/s1. The van der Waals surface area contributed by atoms with Crippen LogP contribution >= 0.6 is 22.7 Å². The molecule has 10 heteroatoms. The van der Waals surface area contributed by atoms with Gasteiger partial charge in [0.1, 0.15) is 12.2 Å². The number of imidazole rings is 1. The Kier molecular flexibility index (Phi) is 5.08. The summed E-state index contributed by atoms with van der Waals surface area (Å²) in [5.74, 6) is -0.0837. The second kappa shape index (κ2) is 7.86. The smallest absolute Gasteiger partial charge is 0.261 e. The zero-order valence-corrected chi connectivity index (χ0v) is 17.2. The van der Waals surface area contributed by atoms with Crippen LogP contribution < -0.4 is 5.32 Å². The molecule has 0 bridgehead atoms. The Morgan fingerprint density at radius 3 is 2.66 bits per heavy atom. The number of amides is 2. The number of hydrogen-bond donors (Lipinski definition) is 1. The molecule has 0 aromatic carbocycles. The van der Waals surface area contributed by atoms with Crippen molar-refractivity contribution in [2.75, 3.05) is 26.3 Å². The van der Waals surface area contributed by atoms with E-state index in [0.717, 1.165) is 10.7 Å². The quantitative estimate of drug-likeness (QED) is 0.674. The van der Waals surface area contributed by atoms with E-state index < -0.39 is 0 Å². The summed E-state index contributed by atoms with van der Waals surface area (Å²) < 4.78 is 13.9. The van der Waals surface area contributed by atoms with Gasteiger partial charge in [0.15, 0.2) is 4.96 Å². The van der Waals surface area contributed by atoms with Gasteiger partial charge in [-0.05, 0) is 11.4 Å². The fourth-order valence-electron chi connectivity index (χ4n) is 3.67. The van der Waals surface area contributed by atoms with Gasteiger partial charge in [-0.15, -0.1) is 22.7 Å². The van der Waals surface area contributed by atoms with E-state index in [0.29, 0.717) is 31.2 Å². The molecule has 2 amide bonds. The average Bonchev–Trinajstić information content (AvgIpc) is 3.46. The number of thiazole rings is 1. The van der Waals surface area contributed by atoms with E-state index in [1.807, 2.05) is 33.6 Å². The van der Waals surface area contributed by atoms with Crippen molar-refractivity contribution in [1.29, 1.82) is 0 Å². The van der Waals surface area contributed by atoms with Gasteiger partial charge in [-0.2, -0.15) is 0 Å². The van der Waals surface area contributed by atoms with Gasteiger partial charge < -0.3 is 19.7 Å². The molecule has 3 aromatic heterocycles. The minimum atomic E-state index is -0.196. The predicted molar refractivity (Wildman–Crippen MR) is 108 cm³/mol. The van der Waals surface area contributed by atoms with E-state index in [2.05, 4.69) is 10.3 Å². The van der Waals surface area contributed by atoms with Crippen molar-refractivity contribution in [3.05, 3.63) is 45.9 Å². The molecule has 2 aliphatic rings. The summed E-state index contributed by atoms with van der Waals surface area (Å²) in [5.41, 5.74) is 0.770. The summed E-state index contributed by atoms with van der Waals surface area (Å²) in [6.07, 6.45) is 3.75. The third-order valence-electron chi connectivity index (χ3n) is 5.15. The molecular weight excluding hydrogens is 412 g/mol. The Bertz CT molecular complexity index is 970. The lowest BCUT2D eigenvalue weighted by atomic mass is 10.3.